The average Bonchev–Trinajstić information content (AvgIpc) is 2.69. The molecule has 10 heteroatoms. The molecule has 1 aliphatic heterocycles. The Hall–Kier alpha value is -3.03. The van der Waals surface area contributed by atoms with Gasteiger partial charge in [0.25, 0.3) is 11.8 Å². The van der Waals surface area contributed by atoms with Gasteiger partial charge < -0.3 is 4.74 Å². The molecule has 2 amide bonds. The molecular weight excluding hydrogens is 423 g/mol. The second-order valence-corrected chi connectivity index (χ2v) is 6.89. The van der Waals surface area contributed by atoms with Gasteiger partial charge in [-0.3, -0.25) is 14.4 Å². The Labute approximate surface area is 173 Å². The molecule has 0 unspecified atom stereocenters. The smallest absolute Gasteiger partial charge is 0.452 e. The largest absolute Gasteiger partial charge is 0.470 e. The molecule has 0 N–H and O–H groups in total. The molecule has 156 valence electrons. The number of alkyl halides is 3. The van der Waals surface area contributed by atoms with Crippen molar-refractivity contribution in [1.29, 1.82) is 0 Å². The van der Waals surface area contributed by atoms with Crippen molar-refractivity contribution >= 4 is 40.6 Å². The predicted octanol–water partition coefficient (Wildman–Crippen LogP) is 4.23. The lowest BCUT2D eigenvalue weighted by atomic mass is 9.92. The van der Waals surface area contributed by atoms with Gasteiger partial charge in [-0.1, -0.05) is 30.9 Å². The number of imide groups is 1. The van der Waals surface area contributed by atoms with Gasteiger partial charge in [0, 0.05) is 17.4 Å². The van der Waals surface area contributed by atoms with E-state index in [0.717, 1.165) is 0 Å². The highest BCUT2D eigenvalue weighted by Gasteiger charge is 2.39. The monoisotopic (exact) mass is 437 g/mol. The third-order valence-electron chi connectivity index (χ3n) is 4.06. The third kappa shape index (κ3) is 4.58. The average molecular weight is 437 g/mol. The number of halogens is 3. The molecule has 2 aromatic rings. The first-order chi connectivity index (χ1) is 14.2. The second-order valence-electron chi connectivity index (χ2n) is 6.11. The molecule has 0 radical (unpaired) electrons. The van der Waals surface area contributed by atoms with Gasteiger partial charge in [0.15, 0.2) is 6.61 Å². The Bertz CT molecular complexity index is 1070. The van der Waals surface area contributed by atoms with Crippen LogP contribution in [-0.2, 0) is 13.8 Å². The lowest BCUT2D eigenvalue weighted by Gasteiger charge is -2.25. The Morgan fingerprint density at radius 1 is 1.13 bits per heavy atom. The van der Waals surface area contributed by atoms with Crippen LogP contribution >= 0.6 is 12.0 Å². The molecule has 1 heterocycles. The van der Waals surface area contributed by atoms with Crippen molar-refractivity contribution in [3.8, 4) is 11.8 Å². The summed E-state index contributed by atoms with van der Waals surface area (Å²) >= 11 is -0.945. The Morgan fingerprint density at radius 3 is 2.50 bits per heavy atom. The van der Waals surface area contributed by atoms with Crippen LogP contribution in [0, 0.1) is 11.8 Å². The van der Waals surface area contributed by atoms with E-state index in [-0.39, 0.29) is 40.6 Å². The van der Waals surface area contributed by atoms with E-state index in [1.807, 2.05) is 6.92 Å². The molecule has 2 aromatic carbocycles. The number of carbonyl (C=O) groups is 3. The summed E-state index contributed by atoms with van der Waals surface area (Å²) in [5.74, 6) is 3.15. The highest BCUT2D eigenvalue weighted by molar-refractivity contribution is 7.95. The first-order valence-corrected chi connectivity index (χ1v) is 9.48. The number of carbonyl (C=O) groups excluding carboxylic acids is 3. The van der Waals surface area contributed by atoms with E-state index in [4.69, 9.17) is 4.74 Å². The lowest BCUT2D eigenvalue weighted by molar-refractivity contribution is -0.142. The van der Waals surface area contributed by atoms with Crippen LogP contribution in [0.4, 0.5) is 13.2 Å². The van der Waals surface area contributed by atoms with E-state index in [0.29, 0.717) is 17.4 Å². The van der Waals surface area contributed by atoms with Gasteiger partial charge in [0.1, 0.15) is 12.0 Å². The van der Waals surface area contributed by atoms with Crippen molar-refractivity contribution in [2.75, 3.05) is 6.61 Å². The fourth-order valence-corrected chi connectivity index (χ4v) is 3.15. The maximum atomic E-state index is 12.5. The van der Waals surface area contributed by atoms with Crippen LogP contribution < -0.4 is 0 Å². The molecule has 30 heavy (non-hydrogen) atoms. The molecule has 1 aliphatic rings. The number of hydroxylamine groups is 2. The minimum Gasteiger partial charge on any atom is -0.452 e. The van der Waals surface area contributed by atoms with E-state index in [1.54, 1.807) is 6.07 Å². The quantitative estimate of drug-likeness (QED) is 0.302. The number of ether oxygens (including phenoxy) is 1. The second kappa shape index (κ2) is 8.77. The fourth-order valence-electron chi connectivity index (χ4n) is 2.85. The van der Waals surface area contributed by atoms with Crippen molar-refractivity contribution in [2.45, 2.75) is 25.3 Å². The topological polar surface area (TPSA) is 72.9 Å². The highest BCUT2D eigenvalue weighted by atomic mass is 32.2. The predicted molar refractivity (Wildman–Crippen MR) is 102 cm³/mol. The summed E-state index contributed by atoms with van der Waals surface area (Å²) < 4.78 is 46.6. The number of hydrogen-bond acceptors (Lipinski definition) is 6. The molecule has 0 aliphatic carbocycles. The Morgan fingerprint density at radius 2 is 1.83 bits per heavy atom. The molecule has 0 aromatic heterocycles. The molecule has 3 rings (SSSR count). The van der Waals surface area contributed by atoms with E-state index in [1.165, 1.54) is 24.3 Å². The summed E-state index contributed by atoms with van der Waals surface area (Å²) in [6.45, 7) is 1.73. The van der Waals surface area contributed by atoms with E-state index >= 15 is 0 Å². The van der Waals surface area contributed by atoms with E-state index in [2.05, 4.69) is 16.1 Å². The van der Waals surface area contributed by atoms with Crippen molar-refractivity contribution in [2.24, 2.45) is 0 Å². The Balaban J connectivity index is 1.92. The molecule has 0 saturated carbocycles. The molecule has 0 fully saturated rings. The minimum atomic E-state index is -4.78. The summed E-state index contributed by atoms with van der Waals surface area (Å²) in [7, 11) is 0. The SMILES string of the molecule is CCCC(=O)OCC#Cc1ccc2c3c(cccc13)C(=O)N(OSC(F)(F)F)C2=O. The number of esters is 1. The van der Waals surface area contributed by atoms with Gasteiger partial charge in [0.05, 0.1) is 11.1 Å². The van der Waals surface area contributed by atoms with Gasteiger partial charge in [-0.15, -0.1) is 5.06 Å². The van der Waals surface area contributed by atoms with Crippen molar-refractivity contribution in [1.82, 2.24) is 5.06 Å². The molecular formula is C20H14F3NO5S. The summed E-state index contributed by atoms with van der Waals surface area (Å²) in [6.07, 6.45) is 0.948. The molecule has 0 atom stereocenters. The normalized spacial score (nSPS) is 13.3. The summed E-state index contributed by atoms with van der Waals surface area (Å²) in [5.41, 5.74) is -4.28. The number of benzene rings is 2. The molecule has 0 spiro atoms. The zero-order valence-electron chi connectivity index (χ0n) is 15.5. The highest BCUT2D eigenvalue weighted by Crippen LogP contribution is 2.36. The molecule has 6 nitrogen and oxygen atoms in total. The maximum absolute atomic E-state index is 12.5. The molecule has 0 bridgehead atoms. The summed E-state index contributed by atoms with van der Waals surface area (Å²) in [4.78, 5) is 36.5. The van der Waals surface area contributed by atoms with Crippen LogP contribution in [-0.4, -0.2) is 35.0 Å². The first-order valence-electron chi connectivity index (χ1n) is 8.74. The summed E-state index contributed by atoms with van der Waals surface area (Å²) in [6, 6.07) is 7.42. The van der Waals surface area contributed by atoms with Gasteiger partial charge in [-0.25, -0.2) is 0 Å². The maximum Gasteiger partial charge on any atom is 0.470 e. The van der Waals surface area contributed by atoms with Gasteiger partial charge in [-0.2, -0.15) is 17.5 Å². The van der Waals surface area contributed by atoms with Crippen LogP contribution in [0.5, 0.6) is 0 Å². The van der Waals surface area contributed by atoms with Crippen LogP contribution in [0.2, 0.25) is 0 Å². The van der Waals surface area contributed by atoms with Crippen molar-refractivity contribution in [3.05, 3.63) is 47.0 Å². The van der Waals surface area contributed by atoms with Gasteiger partial charge >= 0.3 is 11.5 Å². The van der Waals surface area contributed by atoms with Crippen LogP contribution in [0.25, 0.3) is 10.8 Å². The number of amides is 2. The summed E-state index contributed by atoms with van der Waals surface area (Å²) in [5, 5.41) is 0.842. The van der Waals surface area contributed by atoms with Crippen LogP contribution in [0.1, 0.15) is 46.0 Å². The van der Waals surface area contributed by atoms with Gasteiger partial charge in [0.2, 0.25) is 0 Å². The number of nitrogens with zero attached hydrogens (tertiary/aromatic N) is 1. The van der Waals surface area contributed by atoms with Crippen molar-refractivity contribution in [3.63, 3.8) is 0 Å². The zero-order valence-corrected chi connectivity index (χ0v) is 16.4. The third-order valence-corrected chi connectivity index (χ3v) is 4.47. The number of hydrogen-bond donors (Lipinski definition) is 0. The Kier molecular flexibility index (Phi) is 6.34. The first kappa shape index (κ1) is 21.7. The minimum absolute atomic E-state index is 0.0166. The lowest BCUT2D eigenvalue weighted by Crippen LogP contribution is -2.39. The van der Waals surface area contributed by atoms with Gasteiger partial charge in [-0.05, 0) is 30.0 Å². The number of rotatable bonds is 5. The fraction of sp³-hybridized carbons (Fsp3) is 0.250. The molecule has 0 saturated heterocycles. The van der Waals surface area contributed by atoms with Crippen LogP contribution in [0.3, 0.4) is 0 Å². The zero-order chi connectivity index (χ0) is 21.9. The van der Waals surface area contributed by atoms with E-state index in [9.17, 15) is 27.6 Å². The standard InChI is InChI=1S/C20H14F3NO5S/c1-2-5-16(25)28-11-4-6-12-9-10-15-17-13(12)7-3-8-14(17)18(26)24(19(15)27)29-30-20(21,22)23/h3,7-10H,2,5,11H2,1H3. The van der Waals surface area contributed by atoms with Crippen molar-refractivity contribution < 1.29 is 36.6 Å². The van der Waals surface area contributed by atoms with Crippen LogP contribution in [0.15, 0.2) is 30.3 Å². The van der Waals surface area contributed by atoms with E-state index < -0.39 is 29.4 Å².